The summed E-state index contributed by atoms with van der Waals surface area (Å²) in [5.74, 6) is 0. The summed E-state index contributed by atoms with van der Waals surface area (Å²) in [6.07, 6.45) is 5.19. The highest BCUT2D eigenvalue weighted by atomic mass is 15.4. The SMILES string of the molecule is CCCn1nncc1C1CCc2ccccc2N1. The molecule has 1 aromatic carbocycles. The molecule has 0 radical (unpaired) electrons. The van der Waals surface area contributed by atoms with Gasteiger partial charge in [-0.3, -0.25) is 0 Å². The van der Waals surface area contributed by atoms with E-state index >= 15 is 0 Å². The Bertz CT molecular complexity index is 532. The van der Waals surface area contributed by atoms with Gasteiger partial charge in [0.25, 0.3) is 0 Å². The van der Waals surface area contributed by atoms with Crippen LogP contribution in [-0.4, -0.2) is 15.0 Å². The average molecular weight is 242 g/mol. The molecule has 2 heterocycles. The molecule has 18 heavy (non-hydrogen) atoms. The lowest BCUT2D eigenvalue weighted by Gasteiger charge is -2.27. The van der Waals surface area contributed by atoms with E-state index < -0.39 is 0 Å². The van der Waals surface area contributed by atoms with E-state index in [9.17, 15) is 0 Å². The maximum Gasteiger partial charge on any atom is 0.0809 e. The largest absolute Gasteiger partial charge is 0.376 e. The molecule has 4 nitrogen and oxygen atoms in total. The average Bonchev–Trinajstić information content (AvgIpc) is 2.87. The maximum atomic E-state index is 4.16. The van der Waals surface area contributed by atoms with E-state index in [1.807, 2.05) is 10.9 Å². The second kappa shape index (κ2) is 4.80. The lowest BCUT2D eigenvalue weighted by atomic mass is 9.96. The molecule has 1 aromatic heterocycles. The van der Waals surface area contributed by atoms with Gasteiger partial charge in [0.15, 0.2) is 0 Å². The molecule has 1 aliphatic heterocycles. The van der Waals surface area contributed by atoms with Gasteiger partial charge in [0.05, 0.1) is 17.9 Å². The van der Waals surface area contributed by atoms with Gasteiger partial charge in [-0.2, -0.15) is 0 Å². The molecule has 0 amide bonds. The van der Waals surface area contributed by atoms with E-state index in [2.05, 4.69) is 46.8 Å². The summed E-state index contributed by atoms with van der Waals surface area (Å²) in [6, 6.07) is 8.86. The Morgan fingerprint density at radius 1 is 1.39 bits per heavy atom. The molecule has 1 N–H and O–H groups in total. The number of fused-ring (bicyclic) bond motifs is 1. The number of para-hydroxylation sites is 1. The Labute approximate surface area is 107 Å². The van der Waals surface area contributed by atoms with Crippen LogP contribution in [0.4, 0.5) is 5.69 Å². The predicted molar refractivity (Wildman–Crippen MR) is 71.4 cm³/mol. The highest BCUT2D eigenvalue weighted by molar-refractivity contribution is 5.54. The fraction of sp³-hybridized carbons (Fsp3) is 0.429. The van der Waals surface area contributed by atoms with Crippen LogP contribution in [0.5, 0.6) is 0 Å². The lowest BCUT2D eigenvalue weighted by Crippen LogP contribution is -2.21. The summed E-state index contributed by atoms with van der Waals surface area (Å²) in [5.41, 5.74) is 3.85. The van der Waals surface area contributed by atoms with Crippen molar-refractivity contribution in [2.24, 2.45) is 0 Å². The molecule has 1 atom stereocenters. The van der Waals surface area contributed by atoms with Crippen molar-refractivity contribution in [2.45, 2.75) is 38.8 Å². The molecule has 3 rings (SSSR count). The van der Waals surface area contributed by atoms with Gasteiger partial charge in [0.2, 0.25) is 0 Å². The fourth-order valence-corrected chi connectivity index (χ4v) is 2.58. The van der Waals surface area contributed by atoms with Crippen LogP contribution in [0.15, 0.2) is 30.5 Å². The molecular weight excluding hydrogens is 224 g/mol. The minimum absolute atomic E-state index is 0.335. The van der Waals surface area contributed by atoms with Gasteiger partial charge in [-0.25, -0.2) is 4.68 Å². The van der Waals surface area contributed by atoms with Crippen LogP contribution < -0.4 is 5.32 Å². The van der Waals surface area contributed by atoms with Gasteiger partial charge in [-0.15, -0.1) is 5.10 Å². The van der Waals surface area contributed by atoms with E-state index in [1.165, 1.54) is 16.9 Å². The van der Waals surface area contributed by atoms with E-state index in [4.69, 9.17) is 0 Å². The summed E-state index contributed by atoms with van der Waals surface area (Å²) in [4.78, 5) is 0. The van der Waals surface area contributed by atoms with E-state index in [0.717, 1.165) is 25.8 Å². The van der Waals surface area contributed by atoms with Crippen molar-refractivity contribution in [3.8, 4) is 0 Å². The minimum Gasteiger partial charge on any atom is -0.376 e. The highest BCUT2D eigenvalue weighted by Crippen LogP contribution is 2.31. The predicted octanol–water partition coefficient (Wildman–Crippen LogP) is 2.79. The molecule has 0 bridgehead atoms. The summed E-state index contributed by atoms with van der Waals surface area (Å²) >= 11 is 0. The Morgan fingerprint density at radius 2 is 2.28 bits per heavy atom. The van der Waals surface area contributed by atoms with Crippen LogP contribution in [-0.2, 0) is 13.0 Å². The molecule has 0 fully saturated rings. The third-order valence-corrected chi connectivity index (χ3v) is 3.49. The second-order valence-corrected chi connectivity index (χ2v) is 4.77. The number of anilines is 1. The first-order valence-corrected chi connectivity index (χ1v) is 6.61. The monoisotopic (exact) mass is 242 g/mol. The van der Waals surface area contributed by atoms with Crippen molar-refractivity contribution >= 4 is 5.69 Å². The first kappa shape index (κ1) is 11.3. The van der Waals surface area contributed by atoms with Crippen LogP contribution in [0.2, 0.25) is 0 Å². The fourth-order valence-electron chi connectivity index (χ4n) is 2.58. The van der Waals surface area contributed by atoms with E-state index in [-0.39, 0.29) is 0 Å². The third kappa shape index (κ3) is 1.98. The molecule has 94 valence electrons. The zero-order valence-corrected chi connectivity index (χ0v) is 10.6. The summed E-state index contributed by atoms with van der Waals surface area (Å²) in [7, 11) is 0. The molecule has 0 aliphatic carbocycles. The van der Waals surface area contributed by atoms with Gasteiger partial charge >= 0.3 is 0 Å². The van der Waals surface area contributed by atoms with E-state index in [0.29, 0.717) is 6.04 Å². The van der Waals surface area contributed by atoms with Crippen LogP contribution in [0.1, 0.15) is 37.1 Å². The smallest absolute Gasteiger partial charge is 0.0809 e. The molecule has 1 aliphatic rings. The van der Waals surface area contributed by atoms with Crippen molar-refractivity contribution in [1.29, 1.82) is 0 Å². The Morgan fingerprint density at radius 3 is 3.17 bits per heavy atom. The molecule has 1 unspecified atom stereocenters. The molecular formula is C14H18N4. The number of hydrogen-bond acceptors (Lipinski definition) is 3. The van der Waals surface area contributed by atoms with Gasteiger partial charge in [-0.05, 0) is 30.9 Å². The Hall–Kier alpha value is -1.84. The molecule has 2 aromatic rings. The van der Waals surface area contributed by atoms with Gasteiger partial charge in [-0.1, -0.05) is 30.3 Å². The number of benzene rings is 1. The number of rotatable bonds is 3. The topological polar surface area (TPSA) is 42.7 Å². The van der Waals surface area contributed by atoms with E-state index in [1.54, 1.807) is 0 Å². The maximum absolute atomic E-state index is 4.16. The van der Waals surface area contributed by atoms with Gasteiger partial charge in [0, 0.05) is 12.2 Å². The van der Waals surface area contributed by atoms with Crippen LogP contribution >= 0.6 is 0 Å². The number of nitrogens with zero attached hydrogens (tertiary/aromatic N) is 3. The minimum atomic E-state index is 0.335. The lowest BCUT2D eigenvalue weighted by molar-refractivity contribution is 0.521. The third-order valence-electron chi connectivity index (χ3n) is 3.49. The van der Waals surface area contributed by atoms with Crippen molar-refractivity contribution in [3.63, 3.8) is 0 Å². The number of aryl methyl sites for hydroxylation is 2. The highest BCUT2D eigenvalue weighted by Gasteiger charge is 2.21. The zero-order valence-electron chi connectivity index (χ0n) is 10.6. The first-order chi connectivity index (χ1) is 8.88. The van der Waals surface area contributed by atoms with Crippen molar-refractivity contribution in [2.75, 3.05) is 5.32 Å². The standard InChI is InChI=1S/C14H18N4/c1-2-9-18-14(10-15-17-18)13-8-7-11-5-3-4-6-12(11)16-13/h3-6,10,13,16H,2,7-9H2,1H3. The zero-order chi connectivity index (χ0) is 12.4. The quantitative estimate of drug-likeness (QED) is 0.900. The number of nitrogens with one attached hydrogen (secondary N) is 1. The van der Waals surface area contributed by atoms with Gasteiger partial charge < -0.3 is 5.32 Å². The molecule has 0 spiro atoms. The molecule has 0 saturated carbocycles. The summed E-state index contributed by atoms with van der Waals surface area (Å²) < 4.78 is 2.02. The van der Waals surface area contributed by atoms with Crippen molar-refractivity contribution in [3.05, 3.63) is 41.7 Å². The second-order valence-electron chi connectivity index (χ2n) is 4.77. The summed E-state index contributed by atoms with van der Waals surface area (Å²) in [5, 5.41) is 11.8. The van der Waals surface area contributed by atoms with Crippen LogP contribution in [0.25, 0.3) is 0 Å². The van der Waals surface area contributed by atoms with Crippen molar-refractivity contribution < 1.29 is 0 Å². The molecule has 0 saturated heterocycles. The molecule has 4 heteroatoms. The van der Waals surface area contributed by atoms with Gasteiger partial charge in [0.1, 0.15) is 0 Å². The normalized spacial score (nSPS) is 18.2. The Kier molecular flexibility index (Phi) is 3.00. The van der Waals surface area contributed by atoms with Crippen molar-refractivity contribution in [1.82, 2.24) is 15.0 Å². The first-order valence-electron chi connectivity index (χ1n) is 6.61. The van der Waals surface area contributed by atoms with Crippen LogP contribution in [0, 0.1) is 0 Å². The number of aromatic nitrogens is 3. The Balaban J connectivity index is 1.85. The number of hydrogen-bond donors (Lipinski definition) is 1. The summed E-state index contributed by atoms with van der Waals surface area (Å²) in [6.45, 7) is 3.10. The van der Waals surface area contributed by atoms with Crippen LogP contribution in [0.3, 0.4) is 0 Å².